The van der Waals surface area contributed by atoms with Crippen LogP contribution in [0.25, 0.3) is 0 Å². The van der Waals surface area contributed by atoms with Crippen molar-refractivity contribution in [2.75, 3.05) is 12.0 Å². The molecule has 0 fully saturated rings. The van der Waals surface area contributed by atoms with Crippen molar-refractivity contribution in [3.05, 3.63) is 29.8 Å². The summed E-state index contributed by atoms with van der Waals surface area (Å²) in [6.07, 6.45) is 1.60. The van der Waals surface area contributed by atoms with Crippen LogP contribution in [0.1, 0.15) is 45.1 Å². The predicted octanol–water partition coefficient (Wildman–Crippen LogP) is 0.465. The smallest absolute Gasteiger partial charge is 0.326 e. The van der Waals surface area contributed by atoms with Crippen LogP contribution in [-0.4, -0.2) is 81.2 Å². The molecule has 0 radical (unpaired) electrons. The first-order valence-electron chi connectivity index (χ1n) is 12.2. The highest BCUT2D eigenvalue weighted by Crippen LogP contribution is 2.12. The Bertz CT molecular complexity index is 957. The van der Waals surface area contributed by atoms with Gasteiger partial charge in [-0.3, -0.25) is 19.2 Å². The summed E-state index contributed by atoms with van der Waals surface area (Å²) in [5.41, 5.74) is 6.46. The summed E-state index contributed by atoms with van der Waals surface area (Å²) >= 11 is 1.45. The van der Waals surface area contributed by atoms with Crippen molar-refractivity contribution in [2.45, 2.75) is 70.1 Å². The van der Waals surface area contributed by atoms with Crippen LogP contribution < -0.4 is 21.7 Å². The van der Waals surface area contributed by atoms with E-state index >= 15 is 0 Å². The lowest BCUT2D eigenvalue weighted by molar-refractivity contribution is -0.143. The summed E-state index contributed by atoms with van der Waals surface area (Å²) in [5, 5.41) is 35.6. The van der Waals surface area contributed by atoms with Crippen LogP contribution in [0.15, 0.2) is 24.3 Å². The standard InChI is InChI=1S/C25H38N4O8S/c1-14(2)12-17(26)22(33)27-19(10-11-38-3)24(35)28-18(8-9-21(31)32)23(34)29-20(25(36)37)13-15-4-6-16(30)7-5-15/h4-7,14,17-20,30H,8-13,26H2,1-3H3,(H,27,33)(H,28,35)(H,29,34)(H,31,32)(H,36,37). The molecule has 1 aromatic rings. The molecule has 38 heavy (non-hydrogen) atoms. The number of nitrogens with one attached hydrogen (secondary N) is 3. The highest BCUT2D eigenvalue weighted by Gasteiger charge is 2.30. The fourth-order valence-corrected chi connectivity index (χ4v) is 4.02. The van der Waals surface area contributed by atoms with Crippen molar-refractivity contribution in [3.63, 3.8) is 0 Å². The normalized spacial score (nSPS) is 14.1. The van der Waals surface area contributed by atoms with Gasteiger partial charge in [-0.2, -0.15) is 11.8 Å². The van der Waals surface area contributed by atoms with E-state index in [0.29, 0.717) is 17.7 Å². The monoisotopic (exact) mass is 554 g/mol. The molecule has 8 N–H and O–H groups in total. The van der Waals surface area contributed by atoms with E-state index in [4.69, 9.17) is 10.8 Å². The number of hydrogen-bond acceptors (Lipinski definition) is 8. The molecule has 0 aliphatic carbocycles. The Hall–Kier alpha value is -3.32. The Kier molecular flexibility index (Phi) is 14.2. The number of rotatable bonds is 17. The largest absolute Gasteiger partial charge is 0.508 e. The maximum atomic E-state index is 13.1. The Morgan fingerprint density at radius 2 is 1.39 bits per heavy atom. The summed E-state index contributed by atoms with van der Waals surface area (Å²) in [6.45, 7) is 3.81. The fourth-order valence-electron chi connectivity index (χ4n) is 3.55. The van der Waals surface area contributed by atoms with Gasteiger partial charge in [0.15, 0.2) is 0 Å². The fraction of sp³-hybridized carbons (Fsp3) is 0.560. The number of hydrogen-bond donors (Lipinski definition) is 7. The summed E-state index contributed by atoms with van der Waals surface area (Å²) in [6, 6.07) is 1.16. The molecular formula is C25H38N4O8S. The second-order valence-corrected chi connectivity index (χ2v) is 10.3. The maximum Gasteiger partial charge on any atom is 0.326 e. The highest BCUT2D eigenvalue weighted by atomic mass is 32.2. The number of aliphatic carboxylic acids is 2. The lowest BCUT2D eigenvalue weighted by Crippen LogP contribution is -2.57. The van der Waals surface area contributed by atoms with Gasteiger partial charge in [-0.25, -0.2) is 4.79 Å². The average molecular weight is 555 g/mol. The molecule has 1 rings (SSSR count). The van der Waals surface area contributed by atoms with Gasteiger partial charge in [0.25, 0.3) is 0 Å². The third-order valence-corrected chi connectivity index (χ3v) is 6.22. The lowest BCUT2D eigenvalue weighted by atomic mass is 10.0. The Morgan fingerprint density at radius 1 is 0.868 bits per heavy atom. The van der Waals surface area contributed by atoms with Gasteiger partial charge in [0.2, 0.25) is 17.7 Å². The lowest BCUT2D eigenvalue weighted by Gasteiger charge is -2.25. The molecule has 13 heteroatoms. The summed E-state index contributed by atoms with van der Waals surface area (Å²) in [7, 11) is 0. The molecule has 0 heterocycles. The van der Waals surface area contributed by atoms with Crippen LogP contribution in [0, 0.1) is 5.92 Å². The van der Waals surface area contributed by atoms with Crippen LogP contribution >= 0.6 is 11.8 Å². The van der Waals surface area contributed by atoms with Gasteiger partial charge in [0.05, 0.1) is 6.04 Å². The van der Waals surface area contributed by atoms with E-state index in [1.807, 2.05) is 20.1 Å². The molecule has 0 bridgehead atoms. The van der Waals surface area contributed by atoms with E-state index in [1.54, 1.807) is 0 Å². The molecule has 0 spiro atoms. The average Bonchev–Trinajstić information content (AvgIpc) is 2.84. The topological polar surface area (TPSA) is 208 Å². The van der Waals surface area contributed by atoms with Gasteiger partial charge in [0.1, 0.15) is 23.9 Å². The number of nitrogens with two attached hydrogens (primary N) is 1. The van der Waals surface area contributed by atoms with E-state index in [9.17, 15) is 34.2 Å². The number of thioether (sulfide) groups is 1. The van der Waals surface area contributed by atoms with Crippen LogP contribution in [0.3, 0.4) is 0 Å². The van der Waals surface area contributed by atoms with Crippen LogP contribution in [0.2, 0.25) is 0 Å². The van der Waals surface area contributed by atoms with Gasteiger partial charge in [-0.05, 0) is 54.9 Å². The summed E-state index contributed by atoms with van der Waals surface area (Å²) in [5.74, 6) is -3.99. The molecule has 0 saturated heterocycles. The first kappa shape index (κ1) is 32.7. The number of phenolic OH excluding ortho intramolecular Hbond substituents is 1. The molecule has 0 aromatic heterocycles. The van der Waals surface area contributed by atoms with Crippen molar-refractivity contribution in [2.24, 2.45) is 11.7 Å². The molecule has 0 aliphatic heterocycles. The maximum absolute atomic E-state index is 13.1. The summed E-state index contributed by atoms with van der Waals surface area (Å²) < 4.78 is 0. The zero-order chi connectivity index (χ0) is 28.8. The number of carboxylic acid groups (broad SMARTS) is 2. The van der Waals surface area contributed by atoms with Crippen molar-refractivity contribution in [3.8, 4) is 5.75 Å². The highest BCUT2D eigenvalue weighted by molar-refractivity contribution is 7.98. The first-order valence-corrected chi connectivity index (χ1v) is 13.6. The van der Waals surface area contributed by atoms with E-state index < -0.39 is 60.2 Å². The Labute approximate surface area is 226 Å². The van der Waals surface area contributed by atoms with Gasteiger partial charge >= 0.3 is 11.9 Å². The van der Waals surface area contributed by atoms with Gasteiger partial charge in [0, 0.05) is 12.8 Å². The van der Waals surface area contributed by atoms with Crippen LogP contribution in [0.5, 0.6) is 5.75 Å². The Morgan fingerprint density at radius 3 is 1.89 bits per heavy atom. The van der Waals surface area contributed by atoms with Crippen molar-refractivity contribution in [1.82, 2.24) is 16.0 Å². The summed E-state index contributed by atoms with van der Waals surface area (Å²) in [4.78, 5) is 61.6. The molecule has 12 nitrogen and oxygen atoms in total. The Balaban J connectivity index is 3.03. The molecule has 3 amide bonds. The molecule has 4 unspecified atom stereocenters. The zero-order valence-electron chi connectivity index (χ0n) is 21.8. The molecule has 1 aromatic carbocycles. The number of phenols is 1. The van der Waals surface area contributed by atoms with Crippen molar-refractivity contribution >= 4 is 41.4 Å². The number of aromatic hydroxyl groups is 1. The molecule has 0 saturated carbocycles. The minimum Gasteiger partial charge on any atom is -0.508 e. The van der Waals surface area contributed by atoms with Crippen molar-refractivity contribution < 1.29 is 39.3 Å². The van der Waals surface area contributed by atoms with Gasteiger partial charge in [-0.15, -0.1) is 0 Å². The molecular weight excluding hydrogens is 516 g/mol. The second kappa shape index (κ2) is 16.5. The number of benzene rings is 1. The third-order valence-electron chi connectivity index (χ3n) is 5.58. The molecule has 212 valence electrons. The van der Waals surface area contributed by atoms with Crippen LogP contribution in [-0.2, 0) is 30.4 Å². The van der Waals surface area contributed by atoms with E-state index in [2.05, 4.69) is 16.0 Å². The second-order valence-electron chi connectivity index (χ2n) is 9.34. The predicted molar refractivity (Wildman–Crippen MR) is 143 cm³/mol. The van der Waals surface area contributed by atoms with Gasteiger partial charge < -0.3 is 37.0 Å². The van der Waals surface area contributed by atoms with E-state index in [1.165, 1.54) is 36.0 Å². The van der Waals surface area contributed by atoms with Crippen LogP contribution in [0.4, 0.5) is 0 Å². The van der Waals surface area contributed by atoms with Crippen molar-refractivity contribution in [1.29, 1.82) is 0 Å². The minimum atomic E-state index is -1.38. The first-order chi connectivity index (χ1) is 17.8. The number of amides is 3. The molecule has 4 atom stereocenters. The number of carbonyl (C=O) groups is 5. The minimum absolute atomic E-state index is 0.00520. The number of carboxylic acids is 2. The quantitative estimate of drug-likeness (QED) is 0.141. The number of carbonyl (C=O) groups excluding carboxylic acids is 3. The van der Waals surface area contributed by atoms with E-state index in [0.717, 1.165) is 0 Å². The zero-order valence-corrected chi connectivity index (χ0v) is 22.6. The SMILES string of the molecule is CSCCC(NC(=O)C(N)CC(C)C)C(=O)NC(CCC(=O)O)C(=O)NC(Cc1ccc(O)cc1)C(=O)O. The van der Waals surface area contributed by atoms with Gasteiger partial charge in [-0.1, -0.05) is 26.0 Å². The molecule has 0 aliphatic rings. The van der Waals surface area contributed by atoms with E-state index in [-0.39, 0.29) is 30.9 Å². The third kappa shape index (κ3) is 12.3.